The van der Waals surface area contributed by atoms with E-state index in [0.717, 1.165) is 12.8 Å². The molecule has 1 aliphatic rings. The highest BCUT2D eigenvalue weighted by Gasteiger charge is 2.38. The Balaban J connectivity index is 2.65. The Morgan fingerprint density at radius 2 is 2.11 bits per heavy atom. The van der Waals surface area contributed by atoms with Gasteiger partial charge in [-0.3, -0.25) is 4.79 Å². The topological polar surface area (TPSA) is 46.3 Å². The first kappa shape index (κ1) is 15.4. The largest absolute Gasteiger partial charge is 0.393 e. The molecular formula is C14H26N2OS. The molecule has 0 heterocycles. The average Bonchev–Trinajstić information content (AvgIpc) is 2.27. The van der Waals surface area contributed by atoms with Crippen LogP contribution in [0.5, 0.6) is 0 Å². The minimum Gasteiger partial charge on any atom is -0.393 e. The molecule has 0 spiro atoms. The fourth-order valence-corrected chi connectivity index (χ4v) is 2.88. The van der Waals surface area contributed by atoms with Gasteiger partial charge in [0.15, 0.2) is 0 Å². The molecule has 0 radical (unpaired) electrons. The molecular weight excluding hydrogens is 244 g/mol. The van der Waals surface area contributed by atoms with Crippen LogP contribution in [0.2, 0.25) is 0 Å². The summed E-state index contributed by atoms with van der Waals surface area (Å²) < 4.78 is 0. The highest BCUT2D eigenvalue weighted by molar-refractivity contribution is 7.80. The van der Waals surface area contributed by atoms with Gasteiger partial charge < -0.3 is 10.6 Å². The SMILES string of the molecule is CC(CN(C)C(=O)C1CCCCC1(C)C)C(N)=S. The Kier molecular flexibility index (Phi) is 5.14. The molecule has 0 aromatic rings. The van der Waals surface area contributed by atoms with Gasteiger partial charge in [0.25, 0.3) is 0 Å². The van der Waals surface area contributed by atoms with E-state index in [1.54, 1.807) is 0 Å². The maximum atomic E-state index is 12.5. The van der Waals surface area contributed by atoms with E-state index in [4.69, 9.17) is 18.0 Å². The Bertz CT molecular complexity index is 328. The second kappa shape index (κ2) is 6.00. The van der Waals surface area contributed by atoms with Crippen LogP contribution in [0.4, 0.5) is 0 Å². The minimum atomic E-state index is 0.0839. The average molecular weight is 270 g/mol. The molecule has 3 nitrogen and oxygen atoms in total. The predicted molar refractivity (Wildman–Crippen MR) is 79.3 cm³/mol. The van der Waals surface area contributed by atoms with E-state index in [0.29, 0.717) is 11.5 Å². The van der Waals surface area contributed by atoms with Crippen LogP contribution >= 0.6 is 12.2 Å². The first-order valence-corrected chi connectivity index (χ1v) is 7.21. The maximum Gasteiger partial charge on any atom is 0.225 e. The van der Waals surface area contributed by atoms with Crippen LogP contribution in [0.15, 0.2) is 0 Å². The lowest BCUT2D eigenvalue weighted by Gasteiger charge is -2.39. The van der Waals surface area contributed by atoms with E-state index >= 15 is 0 Å². The normalized spacial score (nSPS) is 24.3. The van der Waals surface area contributed by atoms with Crippen LogP contribution in [-0.4, -0.2) is 29.4 Å². The summed E-state index contributed by atoms with van der Waals surface area (Å²) in [7, 11) is 1.86. The van der Waals surface area contributed by atoms with E-state index < -0.39 is 0 Å². The lowest BCUT2D eigenvalue weighted by atomic mass is 9.68. The second-order valence-corrected chi connectivity index (χ2v) is 6.78. The van der Waals surface area contributed by atoms with E-state index in [1.165, 1.54) is 12.8 Å². The summed E-state index contributed by atoms with van der Waals surface area (Å²) >= 11 is 4.96. The van der Waals surface area contributed by atoms with Crippen LogP contribution in [0.3, 0.4) is 0 Å². The van der Waals surface area contributed by atoms with Gasteiger partial charge in [-0.05, 0) is 18.3 Å². The quantitative estimate of drug-likeness (QED) is 0.799. The van der Waals surface area contributed by atoms with E-state index in [2.05, 4.69) is 13.8 Å². The van der Waals surface area contributed by atoms with Gasteiger partial charge in [-0.15, -0.1) is 0 Å². The van der Waals surface area contributed by atoms with E-state index in [9.17, 15) is 4.79 Å². The molecule has 0 aromatic heterocycles. The van der Waals surface area contributed by atoms with Gasteiger partial charge >= 0.3 is 0 Å². The number of nitrogens with two attached hydrogens (primary N) is 1. The molecule has 2 unspecified atom stereocenters. The Morgan fingerprint density at radius 1 is 1.50 bits per heavy atom. The third kappa shape index (κ3) is 3.67. The van der Waals surface area contributed by atoms with E-state index in [-0.39, 0.29) is 23.2 Å². The Morgan fingerprint density at radius 3 is 2.61 bits per heavy atom. The number of nitrogens with zero attached hydrogens (tertiary/aromatic N) is 1. The molecule has 1 amide bonds. The van der Waals surface area contributed by atoms with Crippen molar-refractivity contribution in [2.45, 2.75) is 46.5 Å². The molecule has 0 bridgehead atoms. The Labute approximate surface area is 116 Å². The fraction of sp³-hybridized carbons (Fsp3) is 0.857. The molecule has 2 N–H and O–H groups in total. The van der Waals surface area contributed by atoms with Crippen LogP contribution in [0, 0.1) is 17.3 Å². The van der Waals surface area contributed by atoms with Crippen LogP contribution in [0.1, 0.15) is 46.5 Å². The fourth-order valence-electron chi connectivity index (χ4n) is 2.81. The summed E-state index contributed by atoms with van der Waals surface area (Å²) in [4.78, 5) is 14.8. The van der Waals surface area contributed by atoms with Crippen molar-refractivity contribution < 1.29 is 4.79 Å². The van der Waals surface area contributed by atoms with Crippen LogP contribution in [0.25, 0.3) is 0 Å². The molecule has 1 aliphatic carbocycles. The summed E-state index contributed by atoms with van der Waals surface area (Å²) in [6, 6.07) is 0. The van der Waals surface area contributed by atoms with Gasteiger partial charge in [0.2, 0.25) is 5.91 Å². The summed E-state index contributed by atoms with van der Waals surface area (Å²) in [5.74, 6) is 0.484. The van der Waals surface area contributed by atoms with E-state index in [1.807, 2.05) is 18.9 Å². The van der Waals surface area contributed by atoms with Crippen molar-refractivity contribution in [2.75, 3.05) is 13.6 Å². The number of hydrogen-bond acceptors (Lipinski definition) is 2. The molecule has 0 aliphatic heterocycles. The van der Waals surface area contributed by atoms with Gasteiger partial charge in [0.05, 0.1) is 4.99 Å². The zero-order chi connectivity index (χ0) is 13.9. The summed E-state index contributed by atoms with van der Waals surface area (Å²) in [6.07, 6.45) is 4.56. The Hall–Kier alpha value is -0.640. The summed E-state index contributed by atoms with van der Waals surface area (Å²) in [5, 5.41) is 0. The third-order valence-corrected chi connectivity index (χ3v) is 4.62. The standard InChI is InChI=1S/C14H26N2OS/c1-10(12(15)18)9-16(4)13(17)11-7-5-6-8-14(11,2)3/h10-11H,5-9H2,1-4H3,(H2,15,18). The molecule has 1 rings (SSSR count). The number of carbonyl (C=O) groups is 1. The molecule has 1 saturated carbocycles. The van der Waals surface area contributed by atoms with Gasteiger partial charge in [0.1, 0.15) is 0 Å². The zero-order valence-electron chi connectivity index (χ0n) is 12.0. The molecule has 104 valence electrons. The number of carbonyl (C=O) groups excluding carboxylic acids is 1. The minimum absolute atomic E-state index is 0.0839. The summed E-state index contributed by atoms with van der Waals surface area (Å²) in [5.41, 5.74) is 5.73. The van der Waals surface area contributed by atoms with Crippen molar-refractivity contribution in [2.24, 2.45) is 23.0 Å². The van der Waals surface area contributed by atoms with Gasteiger partial charge in [0, 0.05) is 25.4 Å². The van der Waals surface area contributed by atoms with Crippen LogP contribution < -0.4 is 5.73 Å². The molecule has 18 heavy (non-hydrogen) atoms. The van der Waals surface area contributed by atoms with Crippen LogP contribution in [-0.2, 0) is 4.79 Å². The van der Waals surface area contributed by atoms with Crippen molar-refractivity contribution in [1.82, 2.24) is 4.90 Å². The van der Waals surface area contributed by atoms with Gasteiger partial charge in [-0.1, -0.05) is 45.8 Å². The first-order chi connectivity index (χ1) is 8.25. The van der Waals surface area contributed by atoms with Gasteiger partial charge in [-0.25, -0.2) is 0 Å². The van der Waals surface area contributed by atoms with Crippen molar-refractivity contribution in [3.8, 4) is 0 Å². The molecule has 2 atom stereocenters. The monoisotopic (exact) mass is 270 g/mol. The first-order valence-electron chi connectivity index (χ1n) is 6.80. The summed E-state index contributed by atoms with van der Waals surface area (Å²) in [6.45, 7) is 7.01. The second-order valence-electron chi connectivity index (χ2n) is 6.31. The third-order valence-electron chi connectivity index (χ3n) is 4.21. The number of thiocarbonyl (C=S) groups is 1. The van der Waals surface area contributed by atoms with Gasteiger partial charge in [-0.2, -0.15) is 0 Å². The number of rotatable bonds is 4. The molecule has 0 saturated heterocycles. The maximum absolute atomic E-state index is 12.5. The van der Waals surface area contributed by atoms with Crippen molar-refractivity contribution in [3.63, 3.8) is 0 Å². The molecule has 0 aromatic carbocycles. The predicted octanol–water partition coefficient (Wildman–Crippen LogP) is 2.58. The zero-order valence-corrected chi connectivity index (χ0v) is 12.8. The number of amides is 1. The smallest absolute Gasteiger partial charge is 0.225 e. The highest BCUT2D eigenvalue weighted by Crippen LogP contribution is 2.41. The number of hydrogen-bond donors (Lipinski definition) is 1. The van der Waals surface area contributed by atoms with Crippen molar-refractivity contribution >= 4 is 23.1 Å². The highest BCUT2D eigenvalue weighted by atomic mass is 32.1. The lowest BCUT2D eigenvalue weighted by Crippen LogP contribution is -2.44. The molecule has 4 heteroatoms. The van der Waals surface area contributed by atoms with Crippen molar-refractivity contribution in [3.05, 3.63) is 0 Å². The molecule has 1 fully saturated rings. The lowest BCUT2D eigenvalue weighted by molar-refractivity contribution is -0.140. The van der Waals surface area contributed by atoms with Crippen molar-refractivity contribution in [1.29, 1.82) is 0 Å².